The third-order valence-corrected chi connectivity index (χ3v) is 5.62. The fourth-order valence-corrected chi connectivity index (χ4v) is 4.45. The third-order valence-electron chi connectivity index (χ3n) is 3.61. The van der Waals surface area contributed by atoms with E-state index in [0.29, 0.717) is 0 Å². The van der Waals surface area contributed by atoms with Crippen molar-refractivity contribution < 1.29 is 17.9 Å². The van der Waals surface area contributed by atoms with Crippen LogP contribution in [0.15, 0.2) is 23.1 Å². The van der Waals surface area contributed by atoms with E-state index in [2.05, 4.69) is 0 Å². The van der Waals surface area contributed by atoms with Crippen LogP contribution in [0.5, 0.6) is 0 Å². The Kier molecular flexibility index (Phi) is 4.62. The zero-order valence-electron chi connectivity index (χ0n) is 11.1. The van der Waals surface area contributed by atoms with Gasteiger partial charge in [0.2, 0.25) is 10.0 Å². The molecular weight excluding hydrogens is 283 g/mol. The second-order valence-electron chi connectivity index (χ2n) is 4.96. The SMILES string of the molecule is Nc1ccc(F)cc1S(=O)(=O)N(CCO)C1CCCC1. The maximum absolute atomic E-state index is 13.3. The molecule has 2 rings (SSSR count). The number of nitrogens with two attached hydrogens (primary N) is 1. The first kappa shape index (κ1) is 15.2. The maximum atomic E-state index is 13.3. The molecule has 0 radical (unpaired) electrons. The van der Waals surface area contributed by atoms with Gasteiger partial charge in [-0.25, -0.2) is 12.8 Å². The van der Waals surface area contributed by atoms with Gasteiger partial charge in [-0.2, -0.15) is 4.31 Å². The summed E-state index contributed by atoms with van der Waals surface area (Å²) < 4.78 is 39.9. The van der Waals surface area contributed by atoms with Gasteiger partial charge in [-0.05, 0) is 31.0 Å². The number of hydrogen-bond acceptors (Lipinski definition) is 4. The average Bonchev–Trinajstić information content (AvgIpc) is 2.92. The predicted molar refractivity (Wildman–Crippen MR) is 74.0 cm³/mol. The van der Waals surface area contributed by atoms with Crippen molar-refractivity contribution in [3.63, 3.8) is 0 Å². The molecule has 0 aromatic heterocycles. The molecule has 0 saturated heterocycles. The highest BCUT2D eigenvalue weighted by Crippen LogP contribution is 2.30. The van der Waals surface area contributed by atoms with E-state index >= 15 is 0 Å². The van der Waals surface area contributed by atoms with Crippen LogP contribution in [-0.4, -0.2) is 37.0 Å². The van der Waals surface area contributed by atoms with Crippen LogP contribution < -0.4 is 5.73 Å². The van der Waals surface area contributed by atoms with Gasteiger partial charge in [0, 0.05) is 12.6 Å². The Morgan fingerprint density at radius 1 is 1.35 bits per heavy atom. The highest BCUT2D eigenvalue weighted by molar-refractivity contribution is 7.89. The molecule has 0 atom stereocenters. The number of sulfonamides is 1. The Morgan fingerprint density at radius 3 is 2.60 bits per heavy atom. The largest absolute Gasteiger partial charge is 0.398 e. The van der Waals surface area contributed by atoms with Gasteiger partial charge in [0.15, 0.2) is 0 Å². The number of halogens is 1. The number of rotatable bonds is 5. The summed E-state index contributed by atoms with van der Waals surface area (Å²) in [5.74, 6) is -0.645. The molecule has 1 fully saturated rings. The molecule has 1 aliphatic rings. The maximum Gasteiger partial charge on any atom is 0.245 e. The van der Waals surface area contributed by atoms with Crippen molar-refractivity contribution in [1.29, 1.82) is 0 Å². The first-order valence-electron chi connectivity index (χ1n) is 6.64. The summed E-state index contributed by atoms with van der Waals surface area (Å²) >= 11 is 0. The molecule has 7 heteroatoms. The van der Waals surface area contributed by atoms with Crippen LogP contribution in [0.1, 0.15) is 25.7 Å². The number of nitrogen functional groups attached to an aromatic ring is 1. The van der Waals surface area contributed by atoms with Crippen LogP contribution in [-0.2, 0) is 10.0 Å². The van der Waals surface area contributed by atoms with Gasteiger partial charge in [0.05, 0.1) is 12.3 Å². The number of aliphatic hydroxyl groups is 1. The van der Waals surface area contributed by atoms with E-state index in [9.17, 15) is 12.8 Å². The smallest absolute Gasteiger partial charge is 0.245 e. The zero-order valence-corrected chi connectivity index (χ0v) is 11.9. The Morgan fingerprint density at radius 2 is 2.00 bits per heavy atom. The first-order valence-corrected chi connectivity index (χ1v) is 8.08. The Labute approximate surface area is 118 Å². The van der Waals surface area contributed by atoms with Crippen LogP contribution in [0.2, 0.25) is 0 Å². The summed E-state index contributed by atoms with van der Waals surface area (Å²) in [6.07, 6.45) is 3.43. The van der Waals surface area contributed by atoms with Gasteiger partial charge in [-0.3, -0.25) is 0 Å². The van der Waals surface area contributed by atoms with Gasteiger partial charge >= 0.3 is 0 Å². The van der Waals surface area contributed by atoms with E-state index in [0.717, 1.165) is 37.8 Å². The minimum atomic E-state index is -3.89. The van der Waals surface area contributed by atoms with Crippen molar-refractivity contribution in [1.82, 2.24) is 4.31 Å². The molecule has 1 aliphatic carbocycles. The second-order valence-corrected chi connectivity index (χ2v) is 6.82. The van der Waals surface area contributed by atoms with Crippen molar-refractivity contribution >= 4 is 15.7 Å². The van der Waals surface area contributed by atoms with Crippen LogP contribution in [0.3, 0.4) is 0 Å². The van der Waals surface area contributed by atoms with Gasteiger partial charge in [0.25, 0.3) is 0 Å². The number of hydrogen-bond donors (Lipinski definition) is 2. The van der Waals surface area contributed by atoms with E-state index < -0.39 is 15.8 Å². The summed E-state index contributed by atoms with van der Waals surface area (Å²) in [7, 11) is -3.89. The van der Waals surface area contributed by atoms with E-state index in [1.54, 1.807) is 0 Å². The van der Waals surface area contributed by atoms with Gasteiger partial charge in [-0.1, -0.05) is 12.8 Å². The molecule has 112 valence electrons. The molecule has 1 saturated carbocycles. The van der Waals surface area contributed by atoms with E-state index in [4.69, 9.17) is 10.8 Å². The highest BCUT2D eigenvalue weighted by atomic mass is 32.2. The molecule has 1 aromatic rings. The summed E-state index contributed by atoms with van der Waals surface area (Å²) in [4.78, 5) is -0.224. The predicted octanol–water partition coefficient (Wildman–Crippen LogP) is 1.33. The first-order chi connectivity index (χ1) is 9.46. The van der Waals surface area contributed by atoms with Crippen molar-refractivity contribution in [2.75, 3.05) is 18.9 Å². The quantitative estimate of drug-likeness (QED) is 0.804. The zero-order chi connectivity index (χ0) is 14.8. The lowest BCUT2D eigenvalue weighted by atomic mass is 10.2. The van der Waals surface area contributed by atoms with Crippen LogP contribution >= 0.6 is 0 Å². The molecule has 3 N–H and O–H groups in total. The molecule has 0 spiro atoms. The Bertz CT molecular complexity index is 571. The van der Waals surface area contributed by atoms with Crippen molar-refractivity contribution in [3.05, 3.63) is 24.0 Å². The number of nitrogens with zero attached hydrogens (tertiary/aromatic N) is 1. The summed E-state index contributed by atoms with van der Waals surface area (Å²) in [6.45, 7) is -0.270. The topological polar surface area (TPSA) is 83.6 Å². The van der Waals surface area contributed by atoms with Gasteiger partial charge in [-0.15, -0.1) is 0 Å². The fourth-order valence-electron chi connectivity index (χ4n) is 2.65. The van der Waals surface area contributed by atoms with Crippen LogP contribution in [0.4, 0.5) is 10.1 Å². The number of aliphatic hydroxyl groups excluding tert-OH is 1. The number of benzene rings is 1. The molecule has 0 heterocycles. The molecule has 0 aliphatic heterocycles. The average molecular weight is 302 g/mol. The summed E-state index contributed by atoms with van der Waals surface area (Å²) in [6, 6.07) is 3.16. The van der Waals surface area contributed by atoms with Crippen LogP contribution in [0, 0.1) is 5.82 Å². The summed E-state index contributed by atoms with van der Waals surface area (Å²) in [5, 5.41) is 9.12. The molecule has 0 bridgehead atoms. The number of anilines is 1. The Hall–Kier alpha value is -1.18. The lowest BCUT2D eigenvalue weighted by molar-refractivity contribution is 0.226. The minimum Gasteiger partial charge on any atom is -0.398 e. The summed E-state index contributed by atoms with van der Waals surface area (Å²) in [5.41, 5.74) is 5.69. The lowest BCUT2D eigenvalue weighted by Gasteiger charge is -2.27. The molecule has 5 nitrogen and oxygen atoms in total. The molecule has 20 heavy (non-hydrogen) atoms. The van der Waals surface area contributed by atoms with E-state index in [1.807, 2.05) is 0 Å². The lowest BCUT2D eigenvalue weighted by Crippen LogP contribution is -2.41. The van der Waals surface area contributed by atoms with Crippen molar-refractivity contribution in [2.24, 2.45) is 0 Å². The fraction of sp³-hybridized carbons (Fsp3) is 0.538. The van der Waals surface area contributed by atoms with E-state index in [-0.39, 0.29) is 29.8 Å². The van der Waals surface area contributed by atoms with Crippen LogP contribution in [0.25, 0.3) is 0 Å². The van der Waals surface area contributed by atoms with Gasteiger partial charge < -0.3 is 10.8 Å². The third kappa shape index (κ3) is 2.94. The minimum absolute atomic E-state index is 0.00293. The molecule has 1 aromatic carbocycles. The second kappa shape index (κ2) is 6.07. The van der Waals surface area contributed by atoms with E-state index in [1.165, 1.54) is 10.4 Å². The molecular formula is C13H19FN2O3S. The standard InChI is InChI=1S/C13H19FN2O3S/c14-10-5-6-12(15)13(9-10)20(18,19)16(7-8-17)11-3-1-2-4-11/h5-6,9,11,17H,1-4,7-8,15H2. The molecule has 0 amide bonds. The van der Waals surface area contributed by atoms with Crippen molar-refractivity contribution in [3.8, 4) is 0 Å². The molecule has 0 unspecified atom stereocenters. The van der Waals surface area contributed by atoms with Crippen molar-refractivity contribution in [2.45, 2.75) is 36.6 Å². The monoisotopic (exact) mass is 302 g/mol. The normalized spacial score (nSPS) is 16.9. The Balaban J connectivity index is 2.41. The highest BCUT2D eigenvalue weighted by Gasteiger charge is 2.34. The van der Waals surface area contributed by atoms with Gasteiger partial charge in [0.1, 0.15) is 10.7 Å².